The van der Waals surface area contributed by atoms with Crippen LogP contribution in [-0.2, 0) is 0 Å². The average molecular weight is 369 g/mol. The quantitative estimate of drug-likeness (QED) is 0.511. The Labute approximate surface area is 155 Å². The summed E-state index contributed by atoms with van der Waals surface area (Å²) in [5.74, 6) is 0.331. The van der Waals surface area contributed by atoms with Gasteiger partial charge < -0.3 is 4.74 Å². The highest BCUT2D eigenvalue weighted by Crippen LogP contribution is 2.28. The second-order valence-corrected chi connectivity index (χ2v) is 5.78. The first kappa shape index (κ1) is 17.7. The van der Waals surface area contributed by atoms with Crippen LogP contribution in [0.5, 0.6) is 5.75 Å². The van der Waals surface area contributed by atoms with E-state index < -0.39 is 0 Å². The number of carbonyl (C=O) groups excluding carboxylic acids is 1. The van der Waals surface area contributed by atoms with Gasteiger partial charge in [0.15, 0.2) is 0 Å². The van der Waals surface area contributed by atoms with Crippen molar-refractivity contribution < 1.29 is 9.53 Å². The maximum Gasteiger partial charge on any atom is 0.289 e. The molecular weight excluding hydrogens is 352 g/mol. The first-order valence-corrected chi connectivity index (χ1v) is 8.41. The SMILES string of the molecule is CCOc1ccccc1-c1cc(C(=O)N/N=C\c2ccc(Cl)cc2)[nH]n1. The molecule has 0 aliphatic heterocycles. The van der Waals surface area contributed by atoms with Gasteiger partial charge in [-0.3, -0.25) is 9.89 Å². The number of nitrogens with zero attached hydrogens (tertiary/aromatic N) is 2. The van der Waals surface area contributed by atoms with Gasteiger partial charge in [-0.25, -0.2) is 5.43 Å². The maximum absolute atomic E-state index is 12.2. The van der Waals surface area contributed by atoms with Gasteiger partial charge in [-0.05, 0) is 42.8 Å². The van der Waals surface area contributed by atoms with E-state index in [9.17, 15) is 4.79 Å². The number of carbonyl (C=O) groups is 1. The summed E-state index contributed by atoms with van der Waals surface area (Å²) >= 11 is 5.83. The lowest BCUT2D eigenvalue weighted by Crippen LogP contribution is -2.17. The molecule has 0 saturated heterocycles. The Kier molecular flexibility index (Phi) is 5.66. The van der Waals surface area contributed by atoms with Gasteiger partial charge in [-0.1, -0.05) is 35.9 Å². The predicted octanol–water partition coefficient (Wildman–Crippen LogP) is 3.89. The maximum atomic E-state index is 12.2. The van der Waals surface area contributed by atoms with E-state index in [-0.39, 0.29) is 5.91 Å². The Bertz CT molecular complexity index is 919. The normalized spacial score (nSPS) is 10.8. The standard InChI is InChI=1S/C19H17ClN4O2/c1-2-26-18-6-4-3-5-15(18)16-11-17(23-22-16)19(25)24-21-12-13-7-9-14(20)10-8-13/h3-12H,2H2,1H3,(H,22,23)(H,24,25)/b21-12-. The third kappa shape index (κ3) is 4.29. The van der Waals surface area contributed by atoms with Crippen LogP contribution in [-0.4, -0.2) is 28.9 Å². The van der Waals surface area contributed by atoms with E-state index in [4.69, 9.17) is 16.3 Å². The van der Waals surface area contributed by atoms with Crippen LogP contribution < -0.4 is 10.2 Å². The molecule has 7 heteroatoms. The van der Waals surface area contributed by atoms with E-state index in [2.05, 4.69) is 20.7 Å². The minimum absolute atomic E-state index is 0.305. The minimum Gasteiger partial charge on any atom is -0.493 e. The van der Waals surface area contributed by atoms with Crippen molar-refractivity contribution in [2.75, 3.05) is 6.61 Å². The number of hydrogen-bond donors (Lipinski definition) is 2. The number of amides is 1. The number of hydrazone groups is 1. The van der Waals surface area contributed by atoms with E-state index in [1.807, 2.05) is 31.2 Å². The van der Waals surface area contributed by atoms with Crippen LogP contribution in [0.3, 0.4) is 0 Å². The smallest absolute Gasteiger partial charge is 0.289 e. The van der Waals surface area contributed by atoms with Crippen LogP contribution in [0.25, 0.3) is 11.3 Å². The van der Waals surface area contributed by atoms with Gasteiger partial charge >= 0.3 is 0 Å². The van der Waals surface area contributed by atoms with Gasteiger partial charge in [0.2, 0.25) is 0 Å². The Hall–Kier alpha value is -3.12. The number of rotatable bonds is 6. The summed E-state index contributed by atoms with van der Waals surface area (Å²) in [5.41, 5.74) is 5.03. The van der Waals surface area contributed by atoms with Crippen LogP contribution in [0.2, 0.25) is 5.02 Å². The molecule has 1 aromatic heterocycles. The number of aromatic amines is 1. The number of halogens is 1. The van der Waals surface area contributed by atoms with Crippen molar-refractivity contribution in [3.05, 3.63) is 70.9 Å². The lowest BCUT2D eigenvalue weighted by atomic mass is 10.1. The first-order chi connectivity index (χ1) is 12.7. The number of H-pyrrole nitrogens is 1. The number of nitrogens with one attached hydrogen (secondary N) is 2. The van der Waals surface area contributed by atoms with Crippen LogP contribution in [0.4, 0.5) is 0 Å². The van der Waals surface area contributed by atoms with E-state index in [0.717, 1.165) is 11.1 Å². The second kappa shape index (κ2) is 8.31. The second-order valence-electron chi connectivity index (χ2n) is 5.35. The summed E-state index contributed by atoms with van der Waals surface area (Å²) in [6.45, 7) is 2.47. The zero-order chi connectivity index (χ0) is 18.4. The Morgan fingerprint density at radius 2 is 2.04 bits per heavy atom. The molecule has 0 bridgehead atoms. The molecule has 132 valence electrons. The third-order valence-corrected chi connectivity index (χ3v) is 3.79. The van der Waals surface area contributed by atoms with Crippen molar-refractivity contribution in [3.63, 3.8) is 0 Å². The third-order valence-electron chi connectivity index (χ3n) is 3.54. The number of aromatic nitrogens is 2. The fourth-order valence-corrected chi connectivity index (χ4v) is 2.44. The summed E-state index contributed by atoms with van der Waals surface area (Å²) in [5, 5.41) is 11.5. The summed E-state index contributed by atoms with van der Waals surface area (Å²) in [4.78, 5) is 12.2. The van der Waals surface area contributed by atoms with Crippen molar-refractivity contribution in [2.45, 2.75) is 6.92 Å². The van der Waals surface area contributed by atoms with E-state index in [1.165, 1.54) is 6.21 Å². The van der Waals surface area contributed by atoms with Gasteiger partial charge in [0.25, 0.3) is 5.91 Å². The van der Waals surface area contributed by atoms with Crippen molar-refractivity contribution in [1.29, 1.82) is 0 Å². The highest BCUT2D eigenvalue weighted by molar-refractivity contribution is 6.30. The minimum atomic E-state index is -0.386. The van der Waals surface area contributed by atoms with Gasteiger partial charge in [-0.15, -0.1) is 0 Å². The molecule has 0 saturated carbocycles. The van der Waals surface area contributed by atoms with Gasteiger partial charge in [0, 0.05) is 10.6 Å². The van der Waals surface area contributed by atoms with Crippen LogP contribution in [0.15, 0.2) is 59.7 Å². The number of hydrogen-bond acceptors (Lipinski definition) is 4. The predicted molar refractivity (Wildman–Crippen MR) is 102 cm³/mol. The van der Waals surface area contributed by atoms with Crippen LogP contribution >= 0.6 is 11.6 Å². The molecule has 0 spiro atoms. The molecule has 3 aromatic rings. The largest absolute Gasteiger partial charge is 0.493 e. The molecule has 0 aliphatic rings. The zero-order valence-corrected chi connectivity index (χ0v) is 14.8. The molecule has 6 nitrogen and oxygen atoms in total. The molecule has 2 aromatic carbocycles. The molecule has 2 N–H and O–H groups in total. The van der Waals surface area contributed by atoms with Crippen molar-refractivity contribution >= 4 is 23.7 Å². The molecule has 1 amide bonds. The molecule has 0 aliphatic carbocycles. The molecule has 3 rings (SSSR count). The highest BCUT2D eigenvalue weighted by Gasteiger charge is 2.13. The molecule has 26 heavy (non-hydrogen) atoms. The fourth-order valence-electron chi connectivity index (χ4n) is 2.31. The summed E-state index contributed by atoms with van der Waals surface area (Å²) < 4.78 is 5.60. The first-order valence-electron chi connectivity index (χ1n) is 8.04. The van der Waals surface area contributed by atoms with Gasteiger partial charge in [0.05, 0.1) is 18.5 Å². The molecular formula is C19H17ClN4O2. The van der Waals surface area contributed by atoms with Crippen molar-refractivity contribution in [2.24, 2.45) is 5.10 Å². The molecule has 0 unspecified atom stereocenters. The van der Waals surface area contributed by atoms with Crippen molar-refractivity contribution in [3.8, 4) is 17.0 Å². The van der Waals surface area contributed by atoms with Crippen molar-refractivity contribution in [1.82, 2.24) is 15.6 Å². The van der Waals surface area contributed by atoms with Gasteiger partial charge in [0.1, 0.15) is 11.4 Å². The van der Waals surface area contributed by atoms with E-state index in [0.29, 0.717) is 28.8 Å². The number of para-hydroxylation sites is 1. The average Bonchev–Trinajstić information content (AvgIpc) is 3.14. The zero-order valence-electron chi connectivity index (χ0n) is 14.1. The topological polar surface area (TPSA) is 79.4 Å². The lowest BCUT2D eigenvalue weighted by Gasteiger charge is -2.07. The summed E-state index contributed by atoms with van der Waals surface area (Å²) in [6.07, 6.45) is 1.54. The van der Waals surface area contributed by atoms with E-state index >= 15 is 0 Å². The Morgan fingerprint density at radius 1 is 1.27 bits per heavy atom. The molecule has 0 atom stereocenters. The van der Waals surface area contributed by atoms with Crippen LogP contribution in [0, 0.1) is 0 Å². The molecule has 0 fully saturated rings. The lowest BCUT2D eigenvalue weighted by molar-refractivity contribution is 0.0950. The van der Waals surface area contributed by atoms with Crippen LogP contribution in [0.1, 0.15) is 23.0 Å². The number of benzene rings is 2. The molecule has 0 radical (unpaired) electrons. The Morgan fingerprint density at radius 3 is 2.81 bits per heavy atom. The molecule has 1 heterocycles. The van der Waals surface area contributed by atoms with E-state index in [1.54, 1.807) is 30.3 Å². The monoisotopic (exact) mass is 368 g/mol. The number of ether oxygens (including phenoxy) is 1. The van der Waals surface area contributed by atoms with Gasteiger partial charge in [-0.2, -0.15) is 10.2 Å². The Balaban J connectivity index is 1.69. The highest BCUT2D eigenvalue weighted by atomic mass is 35.5. The summed E-state index contributed by atoms with van der Waals surface area (Å²) in [7, 11) is 0. The fraction of sp³-hybridized carbons (Fsp3) is 0.105. The summed E-state index contributed by atoms with van der Waals surface area (Å²) in [6, 6.07) is 16.3.